The van der Waals surface area contributed by atoms with E-state index in [9.17, 15) is 4.79 Å². The van der Waals surface area contributed by atoms with Gasteiger partial charge in [-0.1, -0.05) is 6.92 Å². The van der Waals surface area contributed by atoms with E-state index in [1.807, 2.05) is 13.8 Å². The van der Waals surface area contributed by atoms with Gasteiger partial charge in [0.2, 0.25) is 0 Å². The fourth-order valence-corrected chi connectivity index (χ4v) is 1.83. The summed E-state index contributed by atoms with van der Waals surface area (Å²) in [6.45, 7) is 4.60. The van der Waals surface area contributed by atoms with E-state index in [1.54, 1.807) is 10.7 Å². The van der Waals surface area contributed by atoms with E-state index < -0.39 is 0 Å². The lowest BCUT2D eigenvalue weighted by Gasteiger charge is -2.05. The second-order valence-electron chi connectivity index (χ2n) is 3.87. The molecule has 7 heteroatoms. The van der Waals surface area contributed by atoms with Crippen molar-refractivity contribution >= 4 is 27.7 Å². The molecule has 0 aliphatic rings. The first kappa shape index (κ1) is 13.7. The molecule has 0 aliphatic carbocycles. The molecule has 0 saturated heterocycles. The first-order chi connectivity index (χ1) is 9.13. The van der Waals surface area contributed by atoms with Gasteiger partial charge in [-0.25, -0.2) is 9.97 Å². The average Bonchev–Trinajstić information content (AvgIpc) is 2.85. The van der Waals surface area contributed by atoms with Crippen molar-refractivity contribution in [2.75, 3.05) is 5.32 Å². The van der Waals surface area contributed by atoms with Gasteiger partial charge < -0.3 is 5.32 Å². The molecule has 0 aliphatic heterocycles. The predicted octanol–water partition coefficient (Wildman–Crippen LogP) is 2.27. The second kappa shape index (κ2) is 5.92. The number of aromatic nitrogens is 4. The Balaban J connectivity index is 2.19. The molecule has 1 amide bonds. The second-order valence-corrected chi connectivity index (χ2v) is 4.68. The average molecular weight is 324 g/mol. The van der Waals surface area contributed by atoms with Crippen molar-refractivity contribution in [3.8, 4) is 0 Å². The first-order valence-electron chi connectivity index (χ1n) is 5.99. The van der Waals surface area contributed by atoms with E-state index in [4.69, 9.17) is 0 Å². The highest BCUT2D eigenvalue weighted by Gasteiger charge is 2.14. The molecule has 0 fully saturated rings. The Morgan fingerprint density at radius 2 is 2.16 bits per heavy atom. The Hall–Kier alpha value is -1.76. The Kier molecular flexibility index (Phi) is 4.26. The minimum atomic E-state index is -0.231. The normalized spacial score (nSPS) is 10.5. The van der Waals surface area contributed by atoms with Gasteiger partial charge >= 0.3 is 0 Å². The molecule has 2 rings (SSSR count). The molecule has 0 radical (unpaired) electrons. The maximum absolute atomic E-state index is 12.2. The molecular weight excluding hydrogens is 310 g/mol. The quantitative estimate of drug-likeness (QED) is 0.936. The molecule has 2 aromatic heterocycles. The van der Waals surface area contributed by atoms with Crippen LogP contribution in [0.2, 0.25) is 0 Å². The number of nitrogens with one attached hydrogen (secondary N) is 1. The van der Waals surface area contributed by atoms with Gasteiger partial charge in [0.05, 0.1) is 18.1 Å². The Bertz CT molecular complexity index is 578. The van der Waals surface area contributed by atoms with Gasteiger partial charge in [0.25, 0.3) is 5.91 Å². The minimum absolute atomic E-state index is 0.231. The number of aryl methyl sites for hydroxylation is 2. The lowest BCUT2D eigenvalue weighted by atomic mass is 10.3. The molecule has 2 heterocycles. The van der Waals surface area contributed by atoms with Crippen LogP contribution in [0.4, 0.5) is 5.82 Å². The van der Waals surface area contributed by atoms with Gasteiger partial charge in [0.1, 0.15) is 10.3 Å². The van der Waals surface area contributed by atoms with E-state index in [0.29, 0.717) is 22.7 Å². The number of rotatable bonds is 4. The van der Waals surface area contributed by atoms with Crippen LogP contribution < -0.4 is 5.32 Å². The zero-order valence-corrected chi connectivity index (χ0v) is 12.3. The van der Waals surface area contributed by atoms with E-state index >= 15 is 0 Å². The summed E-state index contributed by atoms with van der Waals surface area (Å²) in [7, 11) is 0. The van der Waals surface area contributed by atoms with Crippen LogP contribution in [0.15, 0.2) is 23.1 Å². The van der Waals surface area contributed by atoms with Crippen molar-refractivity contribution in [3.63, 3.8) is 0 Å². The van der Waals surface area contributed by atoms with Crippen LogP contribution in [0.25, 0.3) is 0 Å². The molecule has 100 valence electrons. The molecule has 0 bridgehead atoms. The SMILES string of the molecule is CCc1cc(C(=O)Nc2cnc(Br)cn2)n(CC)n1. The number of halogens is 1. The fourth-order valence-electron chi connectivity index (χ4n) is 1.62. The molecule has 0 unspecified atom stereocenters. The van der Waals surface area contributed by atoms with E-state index in [1.165, 1.54) is 12.4 Å². The van der Waals surface area contributed by atoms with E-state index in [-0.39, 0.29) is 5.91 Å². The topological polar surface area (TPSA) is 72.7 Å². The summed E-state index contributed by atoms with van der Waals surface area (Å²) in [6.07, 6.45) is 3.82. The van der Waals surface area contributed by atoms with Crippen molar-refractivity contribution in [3.05, 3.63) is 34.5 Å². The van der Waals surface area contributed by atoms with Crippen molar-refractivity contribution in [1.82, 2.24) is 19.7 Å². The zero-order valence-electron chi connectivity index (χ0n) is 10.7. The van der Waals surface area contributed by atoms with Crippen LogP contribution in [0, 0.1) is 0 Å². The van der Waals surface area contributed by atoms with Gasteiger partial charge in [0.15, 0.2) is 5.82 Å². The Morgan fingerprint density at radius 3 is 2.74 bits per heavy atom. The molecule has 0 spiro atoms. The van der Waals surface area contributed by atoms with Crippen LogP contribution in [0.3, 0.4) is 0 Å². The molecule has 0 atom stereocenters. The van der Waals surface area contributed by atoms with Gasteiger partial charge in [-0.2, -0.15) is 5.10 Å². The minimum Gasteiger partial charge on any atom is -0.304 e. The number of nitrogens with zero attached hydrogens (tertiary/aromatic N) is 4. The van der Waals surface area contributed by atoms with Crippen molar-refractivity contribution in [2.24, 2.45) is 0 Å². The van der Waals surface area contributed by atoms with Crippen LogP contribution in [0.1, 0.15) is 30.0 Å². The van der Waals surface area contributed by atoms with Crippen LogP contribution in [-0.2, 0) is 13.0 Å². The van der Waals surface area contributed by atoms with Gasteiger partial charge in [-0.3, -0.25) is 9.48 Å². The zero-order chi connectivity index (χ0) is 13.8. The monoisotopic (exact) mass is 323 g/mol. The molecule has 0 saturated carbocycles. The smallest absolute Gasteiger partial charge is 0.275 e. The van der Waals surface area contributed by atoms with Gasteiger partial charge in [0, 0.05) is 6.54 Å². The summed E-state index contributed by atoms with van der Waals surface area (Å²) in [5.41, 5.74) is 1.43. The Labute approximate surface area is 119 Å². The maximum Gasteiger partial charge on any atom is 0.275 e. The molecule has 0 aromatic carbocycles. The highest BCUT2D eigenvalue weighted by molar-refractivity contribution is 9.10. The summed E-state index contributed by atoms with van der Waals surface area (Å²) in [6, 6.07) is 1.80. The Morgan fingerprint density at radius 1 is 1.37 bits per heavy atom. The lowest BCUT2D eigenvalue weighted by Crippen LogP contribution is -2.18. The third-order valence-electron chi connectivity index (χ3n) is 2.59. The number of carbonyl (C=O) groups excluding carboxylic acids is 1. The summed E-state index contributed by atoms with van der Waals surface area (Å²) in [5, 5.41) is 7.04. The number of hydrogen-bond acceptors (Lipinski definition) is 4. The molecule has 1 N–H and O–H groups in total. The third-order valence-corrected chi connectivity index (χ3v) is 3.00. The fraction of sp³-hybridized carbons (Fsp3) is 0.333. The molecular formula is C12H14BrN5O. The summed E-state index contributed by atoms with van der Waals surface area (Å²) < 4.78 is 2.30. The predicted molar refractivity (Wildman–Crippen MR) is 75.0 cm³/mol. The van der Waals surface area contributed by atoms with Gasteiger partial charge in [-0.15, -0.1) is 0 Å². The highest BCUT2D eigenvalue weighted by Crippen LogP contribution is 2.10. The number of amides is 1. The van der Waals surface area contributed by atoms with Crippen LogP contribution in [0.5, 0.6) is 0 Å². The van der Waals surface area contributed by atoms with Crippen LogP contribution in [-0.4, -0.2) is 25.7 Å². The first-order valence-corrected chi connectivity index (χ1v) is 6.79. The van der Waals surface area contributed by atoms with E-state index in [0.717, 1.165) is 12.1 Å². The summed E-state index contributed by atoms with van der Waals surface area (Å²) in [4.78, 5) is 20.2. The summed E-state index contributed by atoms with van der Waals surface area (Å²) in [5.74, 6) is 0.181. The van der Waals surface area contributed by atoms with Crippen molar-refractivity contribution in [1.29, 1.82) is 0 Å². The van der Waals surface area contributed by atoms with Crippen molar-refractivity contribution < 1.29 is 4.79 Å². The largest absolute Gasteiger partial charge is 0.304 e. The highest BCUT2D eigenvalue weighted by atomic mass is 79.9. The lowest BCUT2D eigenvalue weighted by molar-refractivity contribution is 0.101. The standard InChI is InChI=1S/C12H14BrN5O/c1-3-8-5-9(18(4-2)17-8)12(19)16-11-7-14-10(13)6-15-11/h5-7H,3-4H2,1-2H3,(H,15,16,19). The maximum atomic E-state index is 12.2. The summed E-state index contributed by atoms with van der Waals surface area (Å²) >= 11 is 3.19. The third kappa shape index (κ3) is 3.17. The number of hydrogen-bond donors (Lipinski definition) is 1. The molecule has 2 aromatic rings. The van der Waals surface area contributed by atoms with Gasteiger partial charge in [-0.05, 0) is 35.3 Å². The van der Waals surface area contributed by atoms with E-state index in [2.05, 4.69) is 36.3 Å². The molecule has 6 nitrogen and oxygen atoms in total. The number of carbonyl (C=O) groups is 1. The number of anilines is 1. The van der Waals surface area contributed by atoms with Crippen molar-refractivity contribution in [2.45, 2.75) is 26.8 Å². The van der Waals surface area contributed by atoms with Crippen LogP contribution >= 0.6 is 15.9 Å². The molecule has 19 heavy (non-hydrogen) atoms.